The molecule has 1 N–H and O–H groups in total. The van der Waals surface area contributed by atoms with Gasteiger partial charge in [-0.25, -0.2) is 14.4 Å². The van der Waals surface area contributed by atoms with E-state index in [2.05, 4.69) is 17.0 Å². The molecule has 0 aromatic carbocycles. The van der Waals surface area contributed by atoms with Crippen molar-refractivity contribution in [3.63, 3.8) is 0 Å². The van der Waals surface area contributed by atoms with Crippen molar-refractivity contribution in [1.29, 1.82) is 0 Å². The lowest BCUT2D eigenvalue weighted by atomic mass is 9.88. The van der Waals surface area contributed by atoms with Gasteiger partial charge in [-0.15, -0.1) is 11.3 Å². The van der Waals surface area contributed by atoms with E-state index in [9.17, 15) is 19.2 Å². The summed E-state index contributed by atoms with van der Waals surface area (Å²) < 4.78 is 14.6. The highest BCUT2D eigenvalue weighted by Crippen LogP contribution is 2.40. The second-order valence-corrected chi connectivity index (χ2v) is 7.62. The third-order valence-corrected chi connectivity index (χ3v) is 5.40. The molecular formula is C20H25NO7S. The maximum absolute atomic E-state index is 12.4. The fourth-order valence-electron chi connectivity index (χ4n) is 2.93. The maximum Gasteiger partial charge on any atom is 0.341 e. The van der Waals surface area contributed by atoms with Gasteiger partial charge in [-0.05, 0) is 44.6 Å². The van der Waals surface area contributed by atoms with E-state index in [4.69, 9.17) is 9.47 Å². The van der Waals surface area contributed by atoms with Gasteiger partial charge < -0.3 is 19.5 Å². The SMILES string of the molecule is CCOC(=O)/C=C/C(=O)OCC(=O)Nc1sc2c(c1C(=O)OCC)CC[C@H](C)C2. The van der Waals surface area contributed by atoms with Crippen LogP contribution in [0.4, 0.5) is 5.00 Å². The fraction of sp³-hybridized carbons (Fsp3) is 0.500. The number of fused-ring (bicyclic) bond motifs is 1. The second-order valence-electron chi connectivity index (χ2n) is 6.52. The lowest BCUT2D eigenvalue weighted by Gasteiger charge is -2.18. The number of amides is 1. The van der Waals surface area contributed by atoms with E-state index >= 15 is 0 Å². The van der Waals surface area contributed by atoms with Crippen molar-refractivity contribution in [2.24, 2.45) is 5.92 Å². The van der Waals surface area contributed by atoms with Gasteiger partial charge in [0.2, 0.25) is 0 Å². The Labute approximate surface area is 173 Å². The zero-order valence-electron chi connectivity index (χ0n) is 16.7. The summed E-state index contributed by atoms with van der Waals surface area (Å²) in [5.41, 5.74) is 1.32. The van der Waals surface area contributed by atoms with E-state index in [1.807, 2.05) is 0 Å². The van der Waals surface area contributed by atoms with Crippen LogP contribution in [0.2, 0.25) is 0 Å². The molecule has 9 heteroatoms. The summed E-state index contributed by atoms with van der Waals surface area (Å²) >= 11 is 1.35. The molecule has 2 rings (SSSR count). The van der Waals surface area contributed by atoms with Crippen molar-refractivity contribution in [2.45, 2.75) is 40.0 Å². The van der Waals surface area contributed by atoms with Crippen molar-refractivity contribution < 1.29 is 33.4 Å². The van der Waals surface area contributed by atoms with Crippen LogP contribution >= 0.6 is 11.3 Å². The first-order chi connectivity index (χ1) is 13.8. The van der Waals surface area contributed by atoms with Crippen molar-refractivity contribution in [2.75, 3.05) is 25.1 Å². The Kier molecular flexibility index (Phi) is 8.38. The van der Waals surface area contributed by atoms with Crippen LogP contribution in [-0.4, -0.2) is 43.6 Å². The molecule has 1 atom stereocenters. The highest BCUT2D eigenvalue weighted by molar-refractivity contribution is 7.17. The first-order valence-electron chi connectivity index (χ1n) is 9.48. The van der Waals surface area contributed by atoms with Crippen molar-refractivity contribution in [1.82, 2.24) is 0 Å². The van der Waals surface area contributed by atoms with E-state index in [1.54, 1.807) is 13.8 Å². The van der Waals surface area contributed by atoms with E-state index in [0.29, 0.717) is 16.5 Å². The Hall–Kier alpha value is -2.68. The van der Waals surface area contributed by atoms with E-state index in [1.165, 1.54) is 11.3 Å². The molecule has 1 amide bonds. The Morgan fingerprint density at radius 1 is 1.07 bits per heavy atom. The number of hydrogen-bond acceptors (Lipinski definition) is 8. The summed E-state index contributed by atoms with van der Waals surface area (Å²) in [4.78, 5) is 48.5. The molecule has 0 aliphatic heterocycles. The summed E-state index contributed by atoms with van der Waals surface area (Å²) in [7, 11) is 0. The lowest BCUT2D eigenvalue weighted by molar-refractivity contribution is -0.143. The molecule has 158 valence electrons. The normalized spacial score (nSPS) is 15.5. The van der Waals surface area contributed by atoms with Gasteiger partial charge >= 0.3 is 17.9 Å². The van der Waals surface area contributed by atoms with Crippen LogP contribution in [0.15, 0.2) is 12.2 Å². The van der Waals surface area contributed by atoms with Gasteiger partial charge in [-0.3, -0.25) is 4.79 Å². The van der Waals surface area contributed by atoms with Gasteiger partial charge in [0.25, 0.3) is 5.91 Å². The number of hydrogen-bond donors (Lipinski definition) is 1. The number of esters is 3. The third-order valence-electron chi connectivity index (χ3n) is 4.23. The Balaban J connectivity index is 2.03. The summed E-state index contributed by atoms with van der Waals surface area (Å²) in [6, 6.07) is 0. The Morgan fingerprint density at radius 3 is 2.38 bits per heavy atom. The van der Waals surface area contributed by atoms with Crippen molar-refractivity contribution >= 4 is 40.2 Å². The molecule has 29 heavy (non-hydrogen) atoms. The highest BCUT2D eigenvalue weighted by atomic mass is 32.1. The minimum Gasteiger partial charge on any atom is -0.463 e. The van der Waals surface area contributed by atoms with Crippen LogP contribution in [-0.2, 0) is 41.4 Å². The van der Waals surface area contributed by atoms with E-state index in [0.717, 1.165) is 41.9 Å². The number of anilines is 1. The predicted octanol–water partition coefficient (Wildman–Crippen LogP) is 2.65. The molecule has 0 fully saturated rings. The standard InChI is InChI=1S/C20H25NO7S/c1-4-26-16(23)8-9-17(24)28-11-15(22)21-19-18(20(25)27-5-2)13-7-6-12(3)10-14(13)29-19/h8-9,12H,4-7,10-11H2,1-3H3,(H,21,22)/b9-8+/t12-/m0/s1. The van der Waals surface area contributed by atoms with Gasteiger partial charge in [0, 0.05) is 17.0 Å². The Morgan fingerprint density at radius 2 is 1.72 bits per heavy atom. The fourth-order valence-corrected chi connectivity index (χ4v) is 4.35. The lowest BCUT2D eigenvalue weighted by Crippen LogP contribution is -2.21. The van der Waals surface area contributed by atoms with Gasteiger partial charge in [0.1, 0.15) is 5.00 Å². The molecule has 1 aliphatic rings. The zero-order valence-corrected chi connectivity index (χ0v) is 17.6. The van der Waals surface area contributed by atoms with Crippen LogP contribution in [0.1, 0.15) is 48.0 Å². The molecule has 0 saturated carbocycles. The van der Waals surface area contributed by atoms with Gasteiger partial charge in [0.15, 0.2) is 6.61 Å². The van der Waals surface area contributed by atoms with Crippen LogP contribution in [0.3, 0.4) is 0 Å². The zero-order chi connectivity index (χ0) is 21.4. The molecule has 8 nitrogen and oxygen atoms in total. The topological polar surface area (TPSA) is 108 Å². The van der Waals surface area contributed by atoms with E-state index in [-0.39, 0.29) is 13.2 Å². The summed E-state index contributed by atoms with van der Waals surface area (Å²) in [5, 5.41) is 3.06. The Bertz CT molecular complexity index is 812. The number of nitrogens with one attached hydrogen (secondary N) is 1. The first-order valence-corrected chi connectivity index (χ1v) is 10.3. The minimum atomic E-state index is -0.849. The van der Waals surface area contributed by atoms with E-state index < -0.39 is 30.4 Å². The number of carbonyl (C=O) groups is 4. The molecule has 0 spiro atoms. The summed E-state index contributed by atoms with van der Waals surface area (Å²) in [6.45, 7) is 5.38. The summed E-state index contributed by atoms with van der Waals surface area (Å²) in [5.74, 6) is -2.07. The molecule has 0 unspecified atom stereocenters. The smallest absolute Gasteiger partial charge is 0.341 e. The molecule has 1 aromatic heterocycles. The van der Waals surface area contributed by atoms with Gasteiger partial charge in [-0.1, -0.05) is 6.92 Å². The first kappa shape index (κ1) is 22.6. The van der Waals surface area contributed by atoms with Gasteiger partial charge in [0.05, 0.1) is 18.8 Å². The highest BCUT2D eigenvalue weighted by Gasteiger charge is 2.29. The number of rotatable bonds is 8. The molecular weight excluding hydrogens is 398 g/mol. The quantitative estimate of drug-likeness (QED) is 0.389. The largest absolute Gasteiger partial charge is 0.463 e. The molecule has 0 bridgehead atoms. The maximum atomic E-state index is 12.4. The predicted molar refractivity (Wildman–Crippen MR) is 107 cm³/mol. The average molecular weight is 423 g/mol. The number of carbonyl (C=O) groups excluding carboxylic acids is 4. The molecule has 1 heterocycles. The van der Waals surface area contributed by atoms with Crippen LogP contribution in [0.5, 0.6) is 0 Å². The monoisotopic (exact) mass is 423 g/mol. The number of ether oxygens (including phenoxy) is 3. The molecule has 0 radical (unpaired) electrons. The molecule has 1 aromatic rings. The van der Waals surface area contributed by atoms with Crippen LogP contribution in [0.25, 0.3) is 0 Å². The van der Waals surface area contributed by atoms with Gasteiger partial charge in [-0.2, -0.15) is 0 Å². The minimum absolute atomic E-state index is 0.187. The third kappa shape index (κ3) is 6.42. The average Bonchev–Trinajstić information content (AvgIpc) is 3.01. The molecule has 1 aliphatic carbocycles. The van der Waals surface area contributed by atoms with Crippen molar-refractivity contribution in [3.8, 4) is 0 Å². The second kappa shape index (κ2) is 10.8. The number of thiophene rings is 1. The summed E-state index contributed by atoms with van der Waals surface area (Å²) in [6.07, 6.45) is 4.38. The van der Waals surface area contributed by atoms with Crippen LogP contribution < -0.4 is 5.32 Å². The van der Waals surface area contributed by atoms with Crippen LogP contribution in [0, 0.1) is 5.92 Å². The molecule has 0 saturated heterocycles. The van der Waals surface area contributed by atoms with Crippen molar-refractivity contribution in [3.05, 3.63) is 28.2 Å².